The maximum atomic E-state index is 12.5. The van der Waals surface area contributed by atoms with Gasteiger partial charge in [0.15, 0.2) is 6.20 Å². The minimum Gasteiger partial charge on any atom is -0.496 e. The van der Waals surface area contributed by atoms with Crippen LogP contribution in [0.1, 0.15) is 102 Å². The third-order valence-corrected chi connectivity index (χ3v) is 6.72. The van der Waals surface area contributed by atoms with E-state index in [0.717, 1.165) is 36.6 Å². The summed E-state index contributed by atoms with van der Waals surface area (Å²) in [6.07, 6.45) is 18.3. The van der Waals surface area contributed by atoms with Crippen LogP contribution in [0.5, 0.6) is 11.5 Å². The summed E-state index contributed by atoms with van der Waals surface area (Å²) in [5.41, 5.74) is 1.95. The van der Waals surface area contributed by atoms with Gasteiger partial charge in [0.25, 0.3) is 0 Å². The topological polar surface area (TPSA) is 51.4 Å². The molecule has 0 radical (unpaired) electrons. The highest BCUT2D eigenvalue weighted by atomic mass is 16.5. The minimum absolute atomic E-state index is 0.0232. The first kappa shape index (κ1) is 29.7. The number of benzene rings is 1. The lowest BCUT2D eigenvalue weighted by atomic mass is 10.1. The van der Waals surface area contributed by atoms with Gasteiger partial charge in [-0.25, -0.2) is 4.57 Å². The van der Waals surface area contributed by atoms with Crippen molar-refractivity contribution in [3.63, 3.8) is 0 Å². The lowest BCUT2D eigenvalue weighted by Gasteiger charge is -2.12. The molecule has 0 fully saturated rings. The number of carbonyl (C=O) groups excluding carboxylic acids is 1. The molecule has 0 saturated carbocycles. The van der Waals surface area contributed by atoms with Crippen molar-refractivity contribution in [2.75, 3.05) is 13.7 Å². The number of pyridine rings is 1. The average Bonchev–Trinajstić information content (AvgIpc) is 2.91. The van der Waals surface area contributed by atoms with Crippen molar-refractivity contribution >= 4 is 5.91 Å². The third-order valence-electron chi connectivity index (χ3n) is 6.72. The summed E-state index contributed by atoms with van der Waals surface area (Å²) in [6, 6.07) is 11.8. The maximum Gasteiger partial charge on any atom is 0.225 e. The van der Waals surface area contributed by atoms with Crippen LogP contribution in [0.3, 0.4) is 0 Å². The molecule has 2 rings (SSSR count). The number of nitrogens with one attached hydrogen (secondary N) is 1. The quantitative estimate of drug-likeness (QED) is 0.159. The third kappa shape index (κ3) is 11.9. The number of ether oxygens (including phenoxy) is 2. The second-order valence-electron chi connectivity index (χ2n) is 9.64. The first-order valence-electron chi connectivity index (χ1n) is 14.2. The van der Waals surface area contributed by atoms with Crippen LogP contribution < -0.4 is 19.4 Å². The van der Waals surface area contributed by atoms with Crippen LogP contribution in [-0.2, 0) is 24.3 Å². The molecule has 200 valence electrons. The Kier molecular flexibility index (Phi) is 15.4. The summed E-state index contributed by atoms with van der Waals surface area (Å²) in [5.74, 6) is 1.47. The Bertz CT molecular complexity index is 869. The number of aryl methyl sites for hydroxylation is 1. The number of nitrogens with zero attached hydrogens (tertiary/aromatic N) is 1. The van der Waals surface area contributed by atoms with Crippen LogP contribution >= 0.6 is 0 Å². The van der Waals surface area contributed by atoms with Crippen LogP contribution in [0.2, 0.25) is 0 Å². The van der Waals surface area contributed by atoms with Crippen LogP contribution in [0, 0.1) is 0 Å². The molecule has 0 unspecified atom stereocenters. The van der Waals surface area contributed by atoms with Crippen molar-refractivity contribution in [3.8, 4) is 11.5 Å². The highest BCUT2D eigenvalue weighted by Gasteiger charge is 2.13. The fourth-order valence-electron chi connectivity index (χ4n) is 4.50. The van der Waals surface area contributed by atoms with E-state index in [2.05, 4.69) is 23.7 Å². The molecule has 1 aromatic carbocycles. The fraction of sp³-hybridized carbons (Fsp3) is 0.613. The molecule has 0 spiro atoms. The Labute approximate surface area is 219 Å². The van der Waals surface area contributed by atoms with Crippen molar-refractivity contribution in [2.24, 2.45) is 0 Å². The summed E-state index contributed by atoms with van der Waals surface area (Å²) >= 11 is 0. The zero-order valence-electron chi connectivity index (χ0n) is 23.0. The Hall–Kier alpha value is -2.56. The van der Waals surface area contributed by atoms with Crippen molar-refractivity contribution < 1.29 is 18.8 Å². The summed E-state index contributed by atoms with van der Waals surface area (Å²) in [4.78, 5) is 12.5. The Balaban J connectivity index is 1.61. The van der Waals surface area contributed by atoms with E-state index in [4.69, 9.17) is 9.47 Å². The molecule has 0 aliphatic heterocycles. The van der Waals surface area contributed by atoms with Gasteiger partial charge in [0.05, 0.1) is 20.1 Å². The maximum absolute atomic E-state index is 12.5. The van der Waals surface area contributed by atoms with Crippen molar-refractivity contribution in [2.45, 2.75) is 110 Å². The number of hydrogen-bond donors (Lipinski definition) is 1. The largest absolute Gasteiger partial charge is 0.496 e. The second kappa shape index (κ2) is 18.7. The lowest BCUT2D eigenvalue weighted by molar-refractivity contribution is -0.701. The molecule has 1 amide bonds. The van der Waals surface area contributed by atoms with E-state index < -0.39 is 0 Å². The van der Waals surface area contributed by atoms with Gasteiger partial charge >= 0.3 is 0 Å². The molecule has 36 heavy (non-hydrogen) atoms. The first-order chi connectivity index (χ1) is 17.7. The first-order valence-corrected chi connectivity index (χ1v) is 14.2. The number of methoxy groups -OCH3 is 1. The number of rotatable bonds is 20. The SMILES string of the molecule is CCCCCCCCCCCCCCOc1ccc(CC(=O)NCc2cccc[n+]2CC)c(OC)c1. The van der Waals surface area contributed by atoms with Crippen LogP contribution in [0.15, 0.2) is 42.6 Å². The normalized spacial score (nSPS) is 10.9. The van der Waals surface area contributed by atoms with Gasteiger partial charge < -0.3 is 14.8 Å². The molecule has 1 aromatic heterocycles. The zero-order valence-corrected chi connectivity index (χ0v) is 23.0. The predicted molar refractivity (Wildman–Crippen MR) is 147 cm³/mol. The monoisotopic (exact) mass is 497 g/mol. The molecule has 1 N–H and O–H groups in total. The van der Waals surface area contributed by atoms with E-state index in [0.29, 0.717) is 12.3 Å². The van der Waals surface area contributed by atoms with Gasteiger partial charge in [0.1, 0.15) is 24.6 Å². The molecule has 2 aromatic rings. The van der Waals surface area contributed by atoms with E-state index in [-0.39, 0.29) is 12.3 Å². The van der Waals surface area contributed by atoms with E-state index in [1.54, 1.807) is 7.11 Å². The summed E-state index contributed by atoms with van der Waals surface area (Å²) in [5, 5.41) is 3.02. The molecule has 0 aliphatic carbocycles. The van der Waals surface area contributed by atoms with Gasteiger partial charge in [-0.2, -0.15) is 0 Å². The number of unbranched alkanes of at least 4 members (excludes halogenated alkanes) is 11. The van der Waals surface area contributed by atoms with E-state index in [1.807, 2.05) is 42.6 Å². The van der Waals surface area contributed by atoms with Gasteiger partial charge in [-0.1, -0.05) is 89.7 Å². The highest BCUT2D eigenvalue weighted by Crippen LogP contribution is 2.25. The molecule has 0 aliphatic rings. The lowest BCUT2D eigenvalue weighted by Crippen LogP contribution is -2.40. The van der Waals surface area contributed by atoms with Crippen LogP contribution in [-0.4, -0.2) is 19.6 Å². The van der Waals surface area contributed by atoms with Crippen molar-refractivity contribution in [1.82, 2.24) is 5.32 Å². The molecule has 0 bridgehead atoms. The molecule has 5 heteroatoms. The van der Waals surface area contributed by atoms with Gasteiger partial charge in [0, 0.05) is 23.8 Å². The van der Waals surface area contributed by atoms with Gasteiger partial charge in [-0.15, -0.1) is 0 Å². The Morgan fingerprint density at radius 2 is 1.53 bits per heavy atom. The van der Waals surface area contributed by atoms with Crippen LogP contribution in [0.25, 0.3) is 0 Å². The van der Waals surface area contributed by atoms with Crippen LogP contribution in [0.4, 0.5) is 0 Å². The summed E-state index contributed by atoms with van der Waals surface area (Å²) in [6.45, 7) is 6.47. The average molecular weight is 498 g/mol. The minimum atomic E-state index is -0.0232. The highest BCUT2D eigenvalue weighted by molar-refractivity contribution is 5.79. The zero-order chi connectivity index (χ0) is 25.8. The number of aromatic nitrogens is 1. The standard InChI is InChI=1S/C31H48N2O3/c1-4-6-7-8-9-10-11-12-13-14-15-18-23-36-29-21-20-27(30(25-29)35-3)24-31(34)32-26-28-19-16-17-22-33(28)5-2/h16-17,19-22,25H,4-15,18,23-24,26H2,1-3H3/p+1. The van der Waals surface area contributed by atoms with Gasteiger partial charge in [-0.05, 0) is 19.4 Å². The number of carbonyl (C=O) groups is 1. The molecular weight excluding hydrogens is 448 g/mol. The summed E-state index contributed by atoms with van der Waals surface area (Å²) in [7, 11) is 1.64. The Morgan fingerprint density at radius 3 is 2.17 bits per heavy atom. The van der Waals surface area contributed by atoms with Gasteiger partial charge in [0.2, 0.25) is 11.6 Å². The van der Waals surface area contributed by atoms with Gasteiger partial charge in [-0.3, -0.25) is 4.79 Å². The molecular formula is C31H49N2O3+. The molecule has 0 atom stereocenters. The van der Waals surface area contributed by atoms with E-state index in [9.17, 15) is 4.79 Å². The molecule has 0 saturated heterocycles. The van der Waals surface area contributed by atoms with E-state index in [1.165, 1.54) is 70.6 Å². The smallest absolute Gasteiger partial charge is 0.225 e. The summed E-state index contributed by atoms with van der Waals surface area (Å²) < 4.78 is 13.6. The predicted octanol–water partition coefficient (Wildman–Crippen LogP) is 6.94. The van der Waals surface area contributed by atoms with Crippen molar-refractivity contribution in [1.29, 1.82) is 0 Å². The Morgan fingerprint density at radius 1 is 0.861 bits per heavy atom. The van der Waals surface area contributed by atoms with E-state index >= 15 is 0 Å². The molecule has 1 heterocycles. The fourth-order valence-corrected chi connectivity index (χ4v) is 4.50. The molecule has 5 nitrogen and oxygen atoms in total. The van der Waals surface area contributed by atoms with Crippen molar-refractivity contribution in [3.05, 3.63) is 53.9 Å². The second-order valence-corrected chi connectivity index (χ2v) is 9.64. The number of hydrogen-bond acceptors (Lipinski definition) is 3. The number of amides is 1.